The van der Waals surface area contributed by atoms with E-state index in [1.165, 1.54) is 16.2 Å². The van der Waals surface area contributed by atoms with Crippen molar-refractivity contribution in [2.75, 3.05) is 0 Å². The summed E-state index contributed by atoms with van der Waals surface area (Å²) in [5, 5.41) is 25.4. The summed E-state index contributed by atoms with van der Waals surface area (Å²) in [6.45, 7) is 0. The van der Waals surface area contributed by atoms with Crippen LogP contribution in [0.1, 0.15) is 0 Å². The van der Waals surface area contributed by atoms with Crippen LogP contribution >= 0.6 is 0 Å². The third kappa shape index (κ3) is 1390. The molecule has 0 aromatic rings. The predicted molar refractivity (Wildman–Crippen MR) is 38.9 cm³/mol. The van der Waals surface area contributed by atoms with Crippen LogP contribution in [-0.2, 0) is 37.9 Å². The smallest absolute Gasteiger partial charge is 0 e. The monoisotopic (exact) mass is 415 g/mol. The van der Waals surface area contributed by atoms with E-state index in [4.69, 9.17) is 15.8 Å². The molecule has 0 aliphatic carbocycles. The Bertz CT molecular complexity index is 112. The van der Waals surface area contributed by atoms with Gasteiger partial charge in [0.05, 0.1) is 0 Å². The number of thiocyanates is 3. The summed E-state index contributed by atoms with van der Waals surface area (Å²) < 4.78 is 0. The van der Waals surface area contributed by atoms with Crippen molar-refractivity contribution in [2.45, 2.75) is 0 Å². The SMILES string of the molecule is N#C[S-].N#C[S-].N#C[S-].[Am]. The molecule has 0 aliphatic heterocycles. The summed E-state index contributed by atoms with van der Waals surface area (Å²) in [7, 11) is 0. The summed E-state index contributed by atoms with van der Waals surface area (Å²) in [5.41, 5.74) is 0. The summed E-state index contributed by atoms with van der Waals surface area (Å²) >= 11 is 11.1. The average Bonchev–Trinajstić information content (AvgIpc) is 1.70. The van der Waals surface area contributed by atoms with Gasteiger partial charge in [-0.25, -0.2) is 15.8 Å². The molecule has 0 unspecified atom stereocenters. The Hall–Kier alpha value is -0.480. The van der Waals surface area contributed by atoms with Gasteiger partial charge in [-0.3, -0.25) is 0 Å². The summed E-state index contributed by atoms with van der Waals surface area (Å²) in [6, 6.07) is 0. The molecule has 1 radical (unpaired) electrons. The minimum absolute atomic E-state index is 0. The van der Waals surface area contributed by atoms with Crippen molar-refractivity contribution in [2.24, 2.45) is 0 Å². The first-order chi connectivity index (χ1) is 4.24. The van der Waals surface area contributed by atoms with Crippen LogP contribution in [0.2, 0.25) is 0 Å². The first-order valence-corrected chi connectivity index (χ1v) is 2.51. The van der Waals surface area contributed by atoms with E-state index in [1.807, 2.05) is 0 Å². The topological polar surface area (TPSA) is 71.4 Å². The van der Waals surface area contributed by atoms with Crippen molar-refractivity contribution >= 4 is 37.9 Å². The second-order valence-corrected chi connectivity index (χ2v) is 0.822. The Labute approximate surface area is 84.1 Å². The van der Waals surface area contributed by atoms with Crippen molar-refractivity contribution in [1.82, 2.24) is 0 Å². The largest absolute Gasteiger partial charge is 0.696 e. The molecule has 0 bridgehead atoms. The van der Waals surface area contributed by atoms with Crippen molar-refractivity contribution in [3.05, 3.63) is 0 Å². The van der Waals surface area contributed by atoms with Crippen LogP contribution in [0, 0.1) is 46.3 Å². The fourth-order valence-electron chi connectivity index (χ4n) is 0. The van der Waals surface area contributed by atoms with Crippen LogP contribution in [0.3, 0.4) is 0 Å². The standard InChI is InChI=1S/3CHNS.Am/c3*2-1-3;/h3*3H;/p-3. The quantitative estimate of drug-likeness (QED) is 0.410. The second-order valence-electron chi connectivity index (χ2n) is 0.274. The zero-order valence-electron chi connectivity index (χ0n) is 4.44. The molecule has 0 rings (SSSR count). The van der Waals surface area contributed by atoms with Crippen molar-refractivity contribution < 1.29 is 14.3 Å². The Morgan fingerprint density at radius 1 is 0.700 bits per heavy atom. The van der Waals surface area contributed by atoms with Gasteiger partial charge in [0.2, 0.25) is 0 Å². The maximum absolute atomic E-state index is 7.13. The van der Waals surface area contributed by atoms with Gasteiger partial charge in [-0.05, 0) is 0 Å². The minimum Gasteiger partial charge on any atom is -0.696 e. The van der Waals surface area contributed by atoms with E-state index < -0.39 is 0 Å². The van der Waals surface area contributed by atoms with Gasteiger partial charge in [0.25, 0.3) is 0 Å². The molecule has 0 atom stereocenters. The number of hydrogen-bond donors (Lipinski definition) is 0. The molecule has 0 fully saturated rings. The first-order valence-electron chi connectivity index (χ1n) is 1.28. The molecule has 0 amide bonds. The van der Waals surface area contributed by atoms with E-state index in [0.717, 1.165) is 0 Å². The van der Waals surface area contributed by atoms with Crippen LogP contribution < -0.4 is 0 Å². The second kappa shape index (κ2) is 75.9. The van der Waals surface area contributed by atoms with Crippen LogP contribution in [0.5, 0.6) is 0 Å². The van der Waals surface area contributed by atoms with E-state index in [1.54, 1.807) is 0 Å². The molecule has 0 aromatic heterocycles. The average molecular weight is 417 g/mol. The maximum Gasteiger partial charge on any atom is 0 e. The van der Waals surface area contributed by atoms with Gasteiger partial charge in [0.1, 0.15) is 0 Å². The van der Waals surface area contributed by atoms with E-state index >= 15 is 0 Å². The molecule has 0 aliphatic rings. The van der Waals surface area contributed by atoms with Gasteiger partial charge in [-0.15, -0.1) is 0 Å². The van der Waals surface area contributed by atoms with Gasteiger partial charge in [0, 0.05) is 14.3 Å². The third-order valence-electron chi connectivity index (χ3n) is 0. The van der Waals surface area contributed by atoms with Gasteiger partial charge >= 0.3 is 0 Å². The molecular formula is C3AmN3S3-3. The predicted octanol–water partition coefficient (Wildman–Crippen LogP) is 0.0431. The van der Waals surface area contributed by atoms with Gasteiger partial charge < -0.3 is 37.9 Å². The third-order valence-corrected chi connectivity index (χ3v) is 0. The van der Waals surface area contributed by atoms with Gasteiger partial charge in [0.15, 0.2) is 0 Å². The van der Waals surface area contributed by atoms with E-state index in [9.17, 15) is 0 Å². The van der Waals surface area contributed by atoms with E-state index in [-0.39, 0.29) is 14.3 Å². The zero-order valence-corrected chi connectivity index (χ0v) is 10.0. The van der Waals surface area contributed by atoms with Crippen molar-refractivity contribution in [3.8, 4) is 16.2 Å². The van der Waals surface area contributed by atoms with Crippen LogP contribution in [0.25, 0.3) is 0 Å². The molecule has 0 heterocycles. The molecule has 0 saturated carbocycles. The Balaban J connectivity index is -0.0000000257. The van der Waals surface area contributed by atoms with Crippen LogP contribution in [-0.4, -0.2) is 0 Å². The van der Waals surface area contributed by atoms with Crippen molar-refractivity contribution in [3.63, 3.8) is 0 Å². The summed E-state index contributed by atoms with van der Waals surface area (Å²) in [6.07, 6.45) is 0. The number of hydrogen-bond acceptors (Lipinski definition) is 6. The molecular weight excluding hydrogens is 417 g/mol. The van der Waals surface area contributed by atoms with Gasteiger partial charge in [-0.2, -0.15) is 0 Å². The molecule has 0 aromatic carbocycles. The minimum atomic E-state index is 0. The maximum atomic E-state index is 7.13. The number of rotatable bonds is 0. The fourth-order valence-corrected chi connectivity index (χ4v) is 0. The molecule has 0 spiro atoms. The molecule has 7 heteroatoms. The normalized spacial score (nSPS) is 2.10. The van der Waals surface area contributed by atoms with Crippen LogP contribution in [0.4, 0.5) is 0 Å². The Morgan fingerprint density at radius 2 is 0.700 bits per heavy atom. The molecule has 0 saturated heterocycles. The molecule has 55 valence electrons. The Kier molecular flexibility index (Phi) is 172. The molecule has 0 N–H and O–H groups in total. The first kappa shape index (κ1) is 22.7. The van der Waals surface area contributed by atoms with Crippen molar-refractivity contribution in [1.29, 1.82) is 15.8 Å². The number of nitriles is 3. The van der Waals surface area contributed by atoms with Crippen LogP contribution in [0.15, 0.2) is 0 Å². The summed E-state index contributed by atoms with van der Waals surface area (Å²) in [5.74, 6) is 0. The Morgan fingerprint density at radius 3 is 0.700 bits per heavy atom. The van der Waals surface area contributed by atoms with E-state index in [0.29, 0.717) is 0 Å². The van der Waals surface area contributed by atoms with Gasteiger partial charge in [-0.1, -0.05) is 16.2 Å². The fraction of sp³-hybridized carbons (Fsp3) is 0. The summed E-state index contributed by atoms with van der Waals surface area (Å²) in [4.78, 5) is 0. The zero-order chi connectivity index (χ0) is 8.12. The molecule has 3 nitrogen and oxygen atoms in total. The molecule has 10 heavy (non-hydrogen) atoms. The van der Waals surface area contributed by atoms with E-state index in [2.05, 4.69) is 37.9 Å². The number of nitrogens with zero attached hydrogens (tertiary/aromatic N) is 3.